The topological polar surface area (TPSA) is 89.9 Å². The first-order valence-corrected chi connectivity index (χ1v) is 9.99. The third-order valence-electron chi connectivity index (χ3n) is 5.30. The second-order valence-electron chi connectivity index (χ2n) is 7.78. The van der Waals surface area contributed by atoms with Crippen LogP contribution in [0, 0.1) is 5.92 Å². The van der Waals surface area contributed by atoms with Crippen LogP contribution in [-0.2, 0) is 17.8 Å². The smallest absolute Gasteiger partial charge is 0.240 e. The van der Waals surface area contributed by atoms with E-state index in [1.807, 2.05) is 52.0 Å². The zero-order valence-electron chi connectivity index (χ0n) is 16.8. The maximum atomic E-state index is 13.2. The molecule has 0 saturated heterocycles. The van der Waals surface area contributed by atoms with Gasteiger partial charge in [-0.15, -0.1) is 0 Å². The summed E-state index contributed by atoms with van der Waals surface area (Å²) in [5.41, 5.74) is 8.25. The summed E-state index contributed by atoms with van der Waals surface area (Å²) in [5, 5.41) is 4.66. The summed E-state index contributed by atoms with van der Waals surface area (Å²) >= 11 is 0. The van der Waals surface area contributed by atoms with Crippen LogP contribution >= 0.6 is 0 Å². The van der Waals surface area contributed by atoms with Crippen molar-refractivity contribution in [3.8, 4) is 11.4 Å². The van der Waals surface area contributed by atoms with E-state index < -0.39 is 6.04 Å². The Kier molecular flexibility index (Phi) is 5.40. The summed E-state index contributed by atoms with van der Waals surface area (Å²) in [6.07, 6.45) is 4.00. The van der Waals surface area contributed by atoms with E-state index in [0.29, 0.717) is 25.3 Å². The van der Waals surface area contributed by atoms with E-state index >= 15 is 0 Å². The minimum atomic E-state index is -0.578. The van der Waals surface area contributed by atoms with Gasteiger partial charge >= 0.3 is 0 Å². The maximum absolute atomic E-state index is 13.2. The maximum Gasteiger partial charge on any atom is 0.240 e. The fourth-order valence-corrected chi connectivity index (χ4v) is 3.91. The first-order chi connectivity index (χ1) is 14.0. The first kappa shape index (κ1) is 19.3. The number of nitrogens with zero attached hydrogens (tertiary/aromatic N) is 5. The van der Waals surface area contributed by atoms with Crippen LogP contribution in [0.1, 0.15) is 31.3 Å². The summed E-state index contributed by atoms with van der Waals surface area (Å²) in [6, 6.07) is 13.0. The molecule has 3 aromatic rings. The summed E-state index contributed by atoms with van der Waals surface area (Å²) < 4.78 is 1.92. The van der Waals surface area contributed by atoms with Gasteiger partial charge in [-0.25, -0.2) is 9.67 Å². The van der Waals surface area contributed by atoms with Crippen molar-refractivity contribution in [2.24, 2.45) is 11.7 Å². The molecule has 0 saturated carbocycles. The minimum absolute atomic E-state index is 0.0373. The lowest BCUT2D eigenvalue weighted by Gasteiger charge is -2.38. The van der Waals surface area contributed by atoms with Gasteiger partial charge in [-0.1, -0.05) is 44.2 Å². The fraction of sp³-hybridized carbons (Fsp3) is 0.364. The monoisotopic (exact) mass is 390 g/mol. The van der Waals surface area contributed by atoms with E-state index in [-0.39, 0.29) is 17.9 Å². The number of fused-ring (bicyclic) bond motifs is 1. The molecule has 4 rings (SSSR count). The Balaban J connectivity index is 1.59. The van der Waals surface area contributed by atoms with Crippen LogP contribution in [0.25, 0.3) is 11.4 Å². The van der Waals surface area contributed by atoms with Crippen molar-refractivity contribution < 1.29 is 4.79 Å². The summed E-state index contributed by atoms with van der Waals surface area (Å²) in [6.45, 7) is 5.38. The van der Waals surface area contributed by atoms with E-state index in [1.54, 1.807) is 12.4 Å². The van der Waals surface area contributed by atoms with E-state index in [0.717, 1.165) is 17.0 Å². The van der Waals surface area contributed by atoms with Crippen molar-refractivity contribution in [3.63, 3.8) is 0 Å². The molecule has 1 aliphatic rings. The molecule has 1 amide bonds. The van der Waals surface area contributed by atoms with Crippen LogP contribution in [0.15, 0.2) is 54.9 Å². The van der Waals surface area contributed by atoms with Gasteiger partial charge in [0.25, 0.3) is 0 Å². The highest BCUT2D eigenvalue weighted by Gasteiger charge is 2.37. The Hall–Kier alpha value is -3.06. The molecule has 0 aliphatic carbocycles. The highest BCUT2D eigenvalue weighted by Crippen LogP contribution is 2.32. The van der Waals surface area contributed by atoms with Gasteiger partial charge in [-0.05, 0) is 30.0 Å². The number of rotatable bonds is 5. The zero-order valence-corrected chi connectivity index (χ0v) is 16.8. The number of carbonyl (C=O) groups is 1. The highest BCUT2D eigenvalue weighted by atomic mass is 16.2. The molecular formula is C22H26N6O. The quantitative estimate of drug-likeness (QED) is 0.723. The van der Waals surface area contributed by atoms with Crippen LogP contribution in [-0.4, -0.2) is 43.1 Å². The fourth-order valence-electron chi connectivity index (χ4n) is 3.91. The van der Waals surface area contributed by atoms with Gasteiger partial charge in [0.05, 0.1) is 18.6 Å². The van der Waals surface area contributed by atoms with Crippen molar-refractivity contribution in [1.82, 2.24) is 24.6 Å². The van der Waals surface area contributed by atoms with E-state index in [9.17, 15) is 4.79 Å². The van der Waals surface area contributed by atoms with Crippen LogP contribution in [0.2, 0.25) is 0 Å². The van der Waals surface area contributed by atoms with E-state index in [2.05, 4.69) is 23.9 Å². The molecule has 7 heteroatoms. The molecule has 1 aromatic carbocycles. The van der Waals surface area contributed by atoms with Crippen molar-refractivity contribution in [2.45, 2.75) is 38.9 Å². The van der Waals surface area contributed by atoms with Gasteiger partial charge in [0.2, 0.25) is 5.91 Å². The average Bonchev–Trinajstić information content (AvgIpc) is 3.18. The lowest BCUT2D eigenvalue weighted by atomic mass is 9.97. The molecule has 0 radical (unpaired) electrons. The van der Waals surface area contributed by atoms with Crippen molar-refractivity contribution in [2.75, 3.05) is 6.54 Å². The number of hydrogen-bond donors (Lipinski definition) is 1. The van der Waals surface area contributed by atoms with E-state index in [1.165, 1.54) is 0 Å². The first-order valence-electron chi connectivity index (χ1n) is 9.99. The predicted octanol–water partition coefficient (Wildman–Crippen LogP) is 2.45. The average molecular weight is 390 g/mol. The number of aromatic nitrogens is 4. The van der Waals surface area contributed by atoms with Gasteiger partial charge in [-0.2, -0.15) is 5.10 Å². The van der Waals surface area contributed by atoms with Gasteiger partial charge in [0.15, 0.2) is 11.6 Å². The lowest BCUT2D eigenvalue weighted by molar-refractivity contribution is -0.137. The summed E-state index contributed by atoms with van der Waals surface area (Å²) in [7, 11) is 0. The molecule has 0 bridgehead atoms. The van der Waals surface area contributed by atoms with Gasteiger partial charge in [0.1, 0.15) is 0 Å². The number of hydrogen-bond acceptors (Lipinski definition) is 5. The number of amides is 1. The lowest BCUT2D eigenvalue weighted by Crippen LogP contribution is -2.51. The van der Waals surface area contributed by atoms with Crippen LogP contribution in [0.5, 0.6) is 0 Å². The van der Waals surface area contributed by atoms with Crippen LogP contribution < -0.4 is 5.73 Å². The second kappa shape index (κ2) is 8.13. The second-order valence-corrected chi connectivity index (χ2v) is 7.78. The molecule has 2 aromatic heterocycles. The Bertz CT molecular complexity index is 969. The molecule has 150 valence electrons. The normalized spacial score (nSPS) is 17.2. The molecule has 29 heavy (non-hydrogen) atoms. The number of nitrogens with two attached hydrogens (primary N) is 1. The van der Waals surface area contributed by atoms with E-state index in [4.69, 9.17) is 10.7 Å². The van der Waals surface area contributed by atoms with Crippen molar-refractivity contribution in [1.29, 1.82) is 0 Å². The molecular weight excluding hydrogens is 364 g/mol. The van der Waals surface area contributed by atoms with Crippen molar-refractivity contribution >= 4 is 5.91 Å². The van der Waals surface area contributed by atoms with Gasteiger partial charge < -0.3 is 10.6 Å². The molecule has 1 aliphatic heterocycles. The number of pyridine rings is 1. The highest BCUT2D eigenvalue weighted by molar-refractivity contribution is 5.82. The third kappa shape index (κ3) is 3.91. The summed E-state index contributed by atoms with van der Waals surface area (Å²) in [5.74, 6) is 1.60. The molecule has 0 fully saturated rings. The standard InChI is InChI=1S/C22H26N6O/c1-15(2)19-21-25-20(17-9-6-10-24-14-17)26-28(21)12-11-27(19)22(29)18(23)13-16-7-4-3-5-8-16/h3-10,14-15,18-19H,11-13,23H2,1-2H3/t18-,19-/m1/s1. The zero-order chi connectivity index (χ0) is 20.4. The Labute approximate surface area is 170 Å². The Morgan fingerprint density at radius 3 is 2.66 bits per heavy atom. The Morgan fingerprint density at radius 2 is 1.97 bits per heavy atom. The van der Waals surface area contributed by atoms with Crippen LogP contribution in [0.4, 0.5) is 0 Å². The van der Waals surface area contributed by atoms with Crippen LogP contribution in [0.3, 0.4) is 0 Å². The predicted molar refractivity (Wildman–Crippen MR) is 111 cm³/mol. The van der Waals surface area contributed by atoms with Gasteiger partial charge in [-0.3, -0.25) is 9.78 Å². The largest absolute Gasteiger partial charge is 0.329 e. The number of benzene rings is 1. The minimum Gasteiger partial charge on any atom is -0.329 e. The molecule has 0 unspecified atom stereocenters. The summed E-state index contributed by atoms with van der Waals surface area (Å²) in [4.78, 5) is 24.1. The van der Waals surface area contributed by atoms with Crippen molar-refractivity contribution in [3.05, 3.63) is 66.2 Å². The molecule has 2 atom stereocenters. The molecule has 2 N–H and O–H groups in total. The number of carbonyl (C=O) groups excluding carboxylic acids is 1. The molecule has 3 heterocycles. The van der Waals surface area contributed by atoms with Gasteiger partial charge in [0, 0.05) is 24.5 Å². The Morgan fingerprint density at radius 1 is 1.17 bits per heavy atom. The molecule has 0 spiro atoms. The molecule has 7 nitrogen and oxygen atoms in total. The third-order valence-corrected chi connectivity index (χ3v) is 5.30. The SMILES string of the molecule is CC(C)[C@@H]1c2nc(-c3cccnc3)nn2CCN1C(=O)[C@H](N)Cc1ccccc1.